The van der Waals surface area contributed by atoms with Crippen molar-refractivity contribution in [3.63, 3.8) is 0 Å². The number of nitrogens with two attached hydrogens (primary N) is 1. The molecule has 0 saturated carbocycles. The van der Waals surface area contributed by atoms with E-state index in [1.54, 1.807) is 0 Å². The van der Waals surface area contributed by atoms with Crippen molar-refractivity contribution in [3.05, 3.63) is 29.8 Å². The predicted octanol–water partition coefficient (Wildman–Crippen LogP) is 4.19. The summed E-state index contributed by atoms with van der Waals surface area (Å²) >= 11 is 0. The lowest BCUT2D eigenvalue weighted by atomic mass is 9.87. The summed E-state index contributed by atoms with van der Waals surface area (Å²) in [5.41, 5.74) is 6.79. The van der Waals surface area contributed by atoms with Crippen LogP contribution in [0.4, 0.5) is 0 Å². The third-order valence-corrected chi connectivity index (χ3v) is 3.64. The number of rotatable bonds is 8. The maximum Gasteiger partial charge on any atom is 0.258 e. The number of benzene rings is 1. The Hall–Kier alpha value is -1.51. The minimum Gasteiger partial charge on any atom is -0.481 e. The molecule has 3 heteroatoms. The topological polar surface area (TPSA) is 52.3 Å². The molecule has 0 radical (unpaired) electrons. The highest BCUT2D eigenvalue weighted by Crippen LogP contribution is 2.25. The van der Waals surface area contributed by atoms with Crippen LogP contribution in [0.15, 0.2) is 24.3 Å². The maximum atomic E-state index is 11.5. The van der Waals surface area contributed by atoms with E-state index in [1.165, 1.54) is 18.4 Å². The second-order valence-corrected chi connectivity index (χ2v) is 6.63. The van der Waals surface area contributed by atoms with Gasteiger partial charge in [-0.15, -0.1) is 0 Å². The fourth-order valence-corrected chi connectivity index (χ4v) is 2.21. The van der Waals surface area contributed by atoms with Crippen LogP contribution in [0.3, 0.4) is 0 Å². The molecular formula is C18H29NO2. The van der Waals surface area contributed by atoms with Gasteiger partial charge in [-0.05, 0) is 36.0 Å². The number of ether oxygens (including phenoxy) is 1. The van der Waals surface area contributed by atoms with E-state index in [2.05, 4.69) is 27.7 Å². The summed E-state index contributed by atoms with van der Waals surface area (Å²) in [6.07, 6.45) is 4.62. The first-order valence-corrected chi connectivity index (χ1v) is 7.91. The van der Waals surface area contributed by atoms with E-state index >= 15 is 0 Å². The van der Waals surface area contributed by atoms with Crippen LogP contribution >= 0.6 is 0 Å². The van der Waals surface area contributed by atoms with Gasteiger partial charge in [-0.2, -0.15) is 0 Å². The lowest BCUT2D eigenvalue weighted by Gasteiger charge is -2.20. The fourth-order valence-electron chi connectivity index (χ4n) is 2.21. The number of hydrogen-bond acceptors (Lipinski definition) is 2. The lowest BCUT2D eigenvalue weighted by Crippen LogP contribution is -2.33. The Morgan fingerprint density at radius 2 is 1.76 bits per heavy atom. The van der Waals surface area contributed by atoms with E-state index in [0.29, 0.717) is 12.2 Å². The van der Waals surface area contributed by atoms with Gasteiger partial charge in [-0.25, -0.2) is 0 Å². The van der Waals surface area contributed by atoms with Crippen LogP contribution < -0.4 is 10.5 Å². The van der Waals surface area contributed by atoms with Crippen molar-refractivity contribution in [1.82, 2.24) is 0 Å². The van der Waals surface area contributed by atoms with Crippen molar-refractivity contribution in [1.29, 1.82) is 0 Å². The highest BCUT2D eigenvalue weighted by atomic mass is 16.5. The van der Waals surface area contributed by atoms with Crippen LogP contribution in [0.1, 0.15) is 65.4 Å². The zero-order valence-electron chi connectivity index (χ0n) is 13.8. The Balaban J connectivity index is 2.60. The van der Waals surface area contributed by atoms with Gasteiger partial charge in [0.05, 0.1) is 0 Å². The summed E-state index contributed by atoms with van der Waals surface area (Å²) < 4.78 is 5.75. The predicted molar refractivity (Wildman–Crippen MR) is 87.5 cm³/mol. The molecule has 0 aliphatic carbocycles. The molecule has 118 valence electrons. The number of carbonyl (C=O) groups is 1. The van der Waals surface area contributed by atoms with E-state index in [9.17, 15) is 4.79 Å². The zero-order chi connectivity index (χ0) is 15.9. The Bertz CT molecular complexity index is 432. The van der Waals surface area contributed by atoms with Crippen LogP contribution in [0.25, 0.3) is 0 Å². The van der Waals surface area contributed by atoms with Gasteiger partial charge >= 0.3 is 0 Å². The summed E-state index contributed by atoms with van der Waals surface area (Å²) in [5.74, 6) is 0.327. The van der Waals surface area contributed by atoms with E-state index in [1.807, 2.05) is 24.3 Å². The summed E-state index contributed by atoms with van der Waals surface area (Å²) in [5, 5.41) is 0. The van der Waals surface area contributed by atoms with Crippen LogP contribution in [-0.4, -0.2) is 12.0 Å². The smallest absolute Gasteiger partial charge is 0.258 e. The summed E-state index contributed by atoms with van der Waals surface area (Å²) in [7, 11) is 0. The average Bonchev–Trinajstić information content (AvgIpc) is 2.41. The van der Waals surface area contributed by atoms with Crippen molar-refractivity contribution < 1.29 is 9.53 Å². The first-order chi connectivity index (χ1) is 9.84. The lowest BCUT2D eigenvalue weighted by molar-refractivity contribution is -0.125. The molecule has 0 aliphatic rings. The van der Waals surface area contributed by atoms with E-state index in [0.717, 1.165) is 12.8 Å². The van der Waals surface area contributed by atoms with Crippen molar-refractivity contribution in [2.24, 2.45) is 5.73 Å². The molecule has 0 saturated heterocycles. The summed E-state index contributed by atoms with van der Waals surface area (Å²) in [6, 6.07) is 7.93. The van der Waals surface area contributed by atoms with Crippen molar-refractivity contribution >= 4 is 5.91 Å². The number of amides is 1. The third kappa shape index (κ3) is 6.19. The third-order valence-electron chi connectivity index (χ3n) is 3.64. The van der Waals surface area contributed by atoms with E-state index < -0.39 is 6.10 Å². The van der Waals surface area contributed by atoms with Gasteiger partial charge < -0.3 is 10.5 Å². The molecule has 1 unspecified atom stereocenters. The van der Waals surface area contributed by atoms with Gasteiger partial charge in [0.15, 0.2) is 6.10 Å². The monoisotopic (exact) mass is 291 g/mol. The van der Waals surface area contributed by atoms with Gasteiger partial charge in [-0.1, -0.05) is 59.1 Å². The van der Waals surface area contributed by atoms with Gasteiger partial charge in [0.25, 0.3) is 5.91 Å². The molecule has 0 bridgehead atoms. The molecule has 1 rings (SSSR count). The minimum absolute atomic E-state index is 0.113. The van der Waals surface area contributed by atoms with Crippen LogP contribution in [0, 0.1) is 0 Å². The Morgan fingerprint density at radius 1 is 1.14 bits per heavy atom. The van der Waals surface area contributed by atoms with Gasteiger partial charge in [0, 0.05) is 0 Å². The van der Waals surface area contributed by atoms with Crippen LogP contribution in [0.2, 0.25) is 0 Å². The maximum absolute atomic E-state index is 11.5. The molecule has 3 nitrogen and oxygen atoms in total. The first-order valence-electron chi connectivity index (χ1n) is 7.91. The largest absolute Gasteiger partial charge is 0.481 e. The Morgan fingerprint density at radius 3 is 2.24 bits per heavy atom. The molecule has 0 aromatic heterocycles. The molecule has 1 amide bonds. The van der Waals surface area contributed by atoms with Crippen LogP contribution in [-0.2, 0) is 10.2 Å². The second kappa shape index (κ2) is 8.06. The highest BCUT2D eigenvalue weighted by Gasteiger charge is 2.18. The van der Waals surface area contributed by atoms with Gasteiger partial charge in [0.1, 0.15) is 5.75 Å². The number of primary amides is 1. The second-order valence-electron chi connectivity index (χ2n) is 6.63. The van der Waals surface area contributed by atoms with Crippen LogP contribution in [0.5, 0.6) is 5.75 Å². The summed E-state index contributed by atoms with van der Waals surface area (Å²) in [6.45, 7) is 8.67. The van der Waals surface area contributed by atoms with Gasteiger partial charge in [0.2, 0.25) is 0 Å². The molecule has 1 atom stereocenters. The van der Waals surface area contributed by atoms with Gasteiger partial charge in [-0.3, -0.25) is 4.79 Å². The van der Waals surface area contributed by atoms with Crippen molar-refractivity contribution in [2.75, 3.05) is 0 Å². The van der Waals surface area contributed by atoms with Crippen molar-refractivity contribution in [3.8, 4) is 5.75 Å². The molecular weight excluding hydrogens is 262 g/mol. The molecule has 0 heterocycles. The highest BCUT2D eigenvalue weighted by molar-refractivity contribution is 5.79. The van der Waals surface area contributed by atoms with E-state index in [4.69, 9.17) is 10.5 Å². The fraction of sp³-hybridized carbons (Fsp3) is 0.611. The molecule has 0 aliphatic heterocycles. The summed E-state index contributed by atoms with van der Waals surface area (Å²) in [4.78, 5) is 11.5. The standard InChI is InChI=1S/C18H29NO2/c1-5-6-7-8-9-16(17(19)20)21-15-12-10-14(11-13-15)18(2,3)4/h10-13,16H,5-9H2,1-4H3,(H2,19,20). The molecule has 1 aromatic rings. The Kier molecular flexibility index (Phi) is 6.73. The number of unbranched alkanes of at least 4 members (excludes halogenated alkanes) is 3. The number of hydrogen-bond donors (Lipinski definition) is 1. The zero-order valence-corrected chi connectivity index (χ0v) is 13.8. The minimum atomic E-state index is -0.526. The average molecular weight is 291 g/mol. The molecule has 21 heavy (non-hydrogen) atoms. The normalized spacial score (nSPS) is 13.0. The molecule has 1 aromatic carbocycles. The molecule has 2 N–H and O–H groups in total. The first kappa shape index (κ1) is 17.5. The SMILES string of the molecule is CCCCCCC(Oc1ccc(C(C)(C)C)cc1)C(N)=O. The van der Waals surface area contributed by atoms with E-state index in [-0.39, 0.29) is 11.3 Å². The molecule has 0 spiro atoms. The Labute approximate surface area is 128 Å². The molecule has 0 fully saturated rings. The quantitative estimate of drug-likeness (QED) is 0.730. The number of carbonyl (C=O) groups excluding carboxylic acids is 1. The van der Waals surface area contributed by atoms with Crippen molar-refractivity contribution in [2.45, 2.75) is 71.3 Å².